The predicted octanol–water partition coefficient (Wildman–Crippen LogP) is 3.25. The number of nitrogens with zero attached hydrogens (tertiary/aromatic N) is 2. The molecular formula is C14H16IN3O. The van der Waals surface area contributed by atoms with Crippen LogP contribution in [0.25, 0.3) is 0 Å². The van der Waals surface area contributed by atoms with E-state index in [0.29, 0.717) is 5.92 Å². The Morgan fingerprint density at radius 1 is 1.37 bits per heavy atom. The van der Waals surface area contributed by atoms with Crippen LogP contribution in [0.4, 0.5) is 5.69 Å². The molecule has 1 N–H and O–H groups in total. The number of amides is 1. The summed E-state index contributed by atoms with van der Waals surface area (Å²) in [7, 11) is 0. The molecule has 1 aromatic heterocycles. The molecule has 0 aliphatic heterocycles. The number of halogens is 1. The zero-order valence-electron chi connectivity index (χ0n) is 10.9. The highest BCUT2D eigenvalue weighted by molar-refractivity contribution is 14.1. The number of aromatic nitrogens is 2. The summed E-state index contributed by atoms with van der Waals surface area (Å²) in [5.41, 5.74) is 2.08. The van der Waals surface area contributed by atoms with E-state index in [2.05, 4.69) is 46.9 Å². The molecule has 4 nitrogen and oxygen atoms in total. The summed E-state index contributed by atoms with van der Waals surface area (Å²) in [5.74, 6) is 0.424. The zero-order valence-corrected chi connectivity index (χ0v) is 13.1. The Balaban J connectivity index is 1.95. The highest BCUT2D eigenvalue weighted by Gasteiger charge is 2.05. The van der Waals surface area contributed by atoms with Crippen LogP contribution in [0.1, 0.15) is 25.3 Å². The van der Waals surface area contributed by atoms with E-state index in [0.717, 1.165) is 9.26 Å². The lowest BCUT2D eigenvalue weighted by molar-refractivity contribution is -0.116. The monoisotopic (exact) mass is 369 g/mol. The summed E-state index contributed by atoms with van der Waals surface area (Å²) < 4.78 is 2.64. The van der Waals surface area contributed by atoms with Gasteiger partial charge in [0.2, 0.25) is 5.91 Å². The number of hydrogen-bond donors (Lipinski definition) is 1. The van der Waals surface area contributed by atoms with Crippen LogP contribution >= 0.6 is 22.6 Å². The van der Waals surface area contributed by atoms with Gasteiger partial charge in [0.25, 0.3) is 0 Å². The normalized spacial score (nSPS) is 10.7. The van der Waals surface area contributed by atoms with Gasteiger partial charge in [-0.15, -0.1) is 0 Å². The zero-order chi connectivity index (χ0) is 13.8. The van der Waals surface area contributed by atoms with Gasteiger partial charge < -0.3 is 5.32 Å². The quantitative estimate of drug-likeness (QED) is 0.842. The fourth-order valence-corrected chi connectivity index (χ4v) is 2.17. The van der Waals surface area contributed by atoms with Gasteiger partial charge in [0, 0.05) is 11.9 Å². The Bertz CT molecular complexity index is 560. The first-order chi connectivity index (χ1) is 9.04. The molecule has 2 aromatic rings. The molecular weight excluding hydrogens is 353 g/mol. The Morgan fingerprint density at radius 2 is 2.05 bits per heavy atom. The van der Waals surface area contributed by atoms with Crippen molar-refractivity contribution < 1.29 is 4.79 Å². The van der Waals surface area contributed by atoms with Crippen LogP contribution in [0.15, 0.2) is 36.7 Å². The lowest BCUT2D eigenvalue weighted by Crippen LogP contribution is -2.18. The van der Waals surface area contributed by atoms with Crippen LogP contribution in [0.2, 0.25) is 0 Å². The van der Waals surface area contributed by atoms with Crippen molar-refractivity contribution >= 4 is 34.2 Å². The van der Waals surface area contributed by atoms with Gasteiger partial charge in [0.1, 0.15) is 6.54 Å². The molecule has 0 radical (unpaired) electrons. The number of anilines is 1. The Labute approximate surface area is 126 Å². The van der Waals surface area contributed by atoms with Crippen LogP contribution in [-0.2, 0) is 11.3 Å². The lowest BCUT2D eigenvalue weighted by Gasteiger charge is -2.08. The van der Waals surface area contributed by atoms with Crippen molar-refractivity contribution in [1.29, 1.82) is 0 Å². The first kappa shape index (κ1) is 14.0. The number of benzene rings is 1. The van der Waals surface area contributed by atoms with Crippen molar-refractivity contribution in [2.24, 2.45) is 0 Å². The molecule has 0 saturated carbocycles. The second-order valence-corrected chi connectivity index (χ2v) is 5.93. The van der Waals surface area contributed by atoms with Crippen LogP contribution < -0.4 is 5.32 Å². The summed E-state index contributed by atoms with van der Waals surface area (Å²) >= 11 is 2.17. The summed E-state index contributed by atoms with van der Waals surface area (Å²) in [6.45, 7) is 4.52. The molecule has 0 bridgehead atoms. The molecule has 2 rings (SSSR count). The van der Waals surface area contributed by atoms with Crippen molar-refractivity contribution in [2.75, 3.05) is 5.32 Å². The van der Waals surface area contributed by atoms with E-state index < -0.39 is 0 Å². The van der Waals surface area contributed by atoms with E-state index in [1.54, 1.807) is 10.9 Å². The maximum Gasteiger partial charge on any atom is 0.246 e. The van der Waals surface area contributed by atoms with E-state index in [4.69, 9.17) is 0 Å². The van der Waals surface area contributed by atoms with Gasteiger partial charge in [-0.1, -0.05) is 26.0 Å². The summed E-state index contributed by atoms with van der Waals surface area (Å²) in [5, 5.41) is 6.95. The second kappa shape index (κ2) is 6.18. The molecule has 1 aromatic carbocycles. The number of hydrogen-bond acceptors (Lipinski definition) is 2. The number of carbonyl (C=O) groups excluding carboxylic acids is 1. The number of nitrogens with one attached hydrogen (secondary N) is 1. The van der Waals surface area contributed by atoms with Gasteiger partial charge in [-0.2, -0.15) is 5.10 Å². The van der Waals surface area contributed by atoms with Gasteiger partial charge in [0.05, 0.1) is 9.77 Å². The van der Waals surface area contributed by atoms with Gasteiger partial charge in [-0.05, 0) is 46.2 Å². The summed E-state index contributed by atoms with van der Waals surface area (Å²) in [6.07, 6.45) is 3.56. The van der Waals surface area contributed by atoms with Gasteiger partial charge in [-0.25, -0.2) is 0 Å². The third-order valence-electron chi connectivity index (χ3n) is 2.77. The van der Waals surface area contributed by atoms with Gasteiger partial charge >= 0.3 is 0 Å². The Hall–Kier alpha value is -1.37. The smallest absolute Gasteiger partial charge is 0.246 e. The van der Waals surface area contributed by atoms with Gasteiger partial charge in [-0.3, -0.25) is 9.48 Å². The van der Waals surface area contributed by atoms with Crippen LogP contribution in [0.3, 0.4) is 0 Å². The maximum atomic E-state index is 11.8. The fourth-order valence-electron chi connectivity index (χ4n) is 1.72. The summed E-state index contributed by atoms with van der Waals surface area (Å²) in [6, 6.07) is 7.94. The molecule has 19 heavy (non-hydrogen) atoms. The average Bonchev–Trinajstić information content (AvgIpc) is 2.75. The molecule has 0 unspecified atom stereocenters. The Kier molecular flexibility index (Phi) is 4.57. The topological polar surface area (TPSA) is 46.9 Å². The molecule has 100 valence electrons. The lowest BCUT2D eigenvalue weighted by atomic mass is 10.0. The van der Waals surface area contributed by atoms with Crippen LogP contribution in [0, 0.1) is 3.57 Å². The minimum absolute atomic E-state index is 0.0724. The van der Waals surface area contributed by atoms with Gasteiger partial charge in [0.15, 0.2) is 0 Å². The molecule has 1 heterocycles. The predicted molar refractivity (Wildman–Crippen MR) is 84.1 cm³/mol. The number of carbonyl (C=O) groups is 1. The third kappa shape index (κ3) is 4.05. The Morgan fingerprint density at radius 3 is 2.58 bits per heavy atom. The molecule has 0 aliphatic rings. The maximum absolute atomic E-state index is 11.8. The van der Waals surface area contributed by atoms with E-state index in [1.807, 2.05) is 30.5 Å². The van der Waals surface area contributed by atoms with Crippen LogP contribution in [0.5, 0.6) is 0 Å². The molecule has 0 fully saturated rings. The molecule has 0 aliphatic carbocycles. The molecule has 0 atom stereocenters. The highest BCUT2D eigenvalue weighted by atomic mass is 127. The first-order valence-corrected chi connectivity index (χ1v) is 7.20. The highest BCUT2D eigenvalue weighted by Crippen LogP contribution is 2.17. The molecule has 0 spiro atoms. The number of rotatable bonds is 4. The SMILES string of the molecule is CC(C)c1ccc(NC(=O)Cn2cc(I)cn2)cc1. The van der Waals surface area contributed by atoms with E-state index >= 15 is 0 Å². The first-order valence-electron chi connectivity index (χ1n) is 6.12. The largest absolute Gasteiger partial charge is 0.324 e. The molecule has 1 amide bonds. The van der Waals surface area contributed by atoms with Crippen molar-refractivity contribution in [2.45, 2.75) is 26.3 Å². The third-order valence-corrected chi connectivity index (χ3v) is 3.33. The van der Waals surface area contributed by atoms with Crippen molar-refractivity contribution in [3.05, 3.63) is 45.8 Å². The van der Waals surface area contributed by atoms with E-state index in [9.17, 15) is 4.79 Å². The van der Waals surface area contributed by atoms with Crippen molar-refractivity contribution in [3.8, 4) is 0 Å². The molecule has 0 saturated heterocycles. The average molecular weight is 369 g/mol. The molecule has 5 heteroatoms. The minimum atomic E-state index is -0.0724. The fraction of sp³-hybridized carbons (Fsp3) is 0.286. The van der Waals surface area contributed by atoms with E-state index in [1.165, 1.54) is 5.56 Å². The van der Waals surface area contributed by atoms with Crippen molar-refractivity contribution in [1.82, 2.24) is 9.78 Å². The summed E-state index contributed by atoms with van der Waals surface area (Å²) in [4.78, 5) is 11.8. The minimum Gasteiger partial charge on any atom is -0.324 e. The van der Waals surface area contributed by atoms with Crippen LogP contribution in [-0.4, -0.2) is 15.7 Å². The van der Waals surface area contributed by atoms with Crippen molar-refractivity contribution in [3.63, 3.8) is 0 Å². The van der Waals surface area contributed by atoms with E-state index in [-0.39, 0.29) is 12.5 Å². The second-order valence-electron chi connectivity index (χ2n) is 4.68. The standard InChI is InChI=1S/C14H16IN3O/c1-10(2)11-3-5-13(6-4-11)17-14(19)9-18-8-12(15)7-16-18/h3-8,10H,9H2,1-2H3,(H,17,19).